The zero-order valence-corrected chi connectivity index (χ0v) is 17.2. The summed E-state index contributed by atoms with van der Waals surface area (Å²) in [5, 5.41) is 11.0. The standard InChI is InChI=1S/C22H26N4O4/c1-16(29-18-7-5-13-23-15-18)14-24-20(27)10-12-22-26-25-21(30-22)11-9-17-6-3-4-8-19(17)28-2/h3-8,13,15-16H,9-12,14H2,1-2H3,(H,24,27)/t16-/m1/s1. The number of hydrogen-bond acceptors (Lipinski definition) is 7. The summed E-state index contributed by atoms with van der Waals surface area (Å²) < 4.78 is 16.7. The number of para-hydroxylation sites is 1. The highest BCUT2D eigenvalue weighted by atomic mass is 16.5. The summed E-state index contributed by atoms with van der Waals surface area (Å²) in [4.78, 5) is 16.1. The fourth-order valence-corrected chi connectivity index (χ4v) is 2.90. The van der Waals surface area contributed by atoms with E-state index in [-0.39, 0.29) is 18.4 Å². The maximum Gasteiger partial charge on any atom is 0.220 e. The first-order chi connectivity index (χ1) is 14.6. The first-order valence-corrected chi connectivity index (χ1v) is 9.90. The van der Waals surface area contributed by atoms with Crippen LogP contribution in [0.4, 0.5) is 0 Å². The van der Waals surface area contributed by atoms with Crippen molar-refractivity contribution in [2.45, 2.75) is 38.7 Å². The summed E-state index contributed by atoms with van der Waals surface area (Å²) >= 11 is 0. The number of aromatic nitrogens is 3. The SMILES string of the molecule is COc1ccccc1CCc1nnc(CCC(=O)NC[C@@H](C)Oc2cccnc2)o1. The van der Waals surface area contributed by atoms with Gasteiger partial charge in [-0.05, 0) is 37.1 Å². The van der Waals surface area contributed by atoms with E-state index >= 15 is 0 Å². The molecule has 0 aliphatic heterocycles. The van der Waals surface area contributed by atoms with Gasteiger partial charge < -0.3 is 19.2 Å². The fraction of sp³-hybridized carbons (Fsp3) is 0.364. The topological polar surface area (TPSA) is 99.4 Å². The van der Waals surface area contributed by atoms with Gasteiger partial charge in [-0.15, -0.1) is 10.2 Å². The van der Waals surface area contributed by atoms with Gasteiger partial charge in [0.05, 0.1) is 19.9 Å². The molecular weight excluding hydrogens is 384 g/mol. The number of nitrogens with one attached hydrogen (secondary N) is 1. The van der Waals surface area contributed by atoms with Crippen molar-refractivity contribution in [3.8, 4) is 11.5 Å². The second-order valence-corrected chi connectivity index (χ2v) is 6.82. The number of aryl methyl sites for hydroxylation is 3. The number of rotatable bonds is 11. The summed E-state index contributed by atoms with van der Waals surface area (Å²) in [5.74, 6) is 2.43. The molecule has 2 aromatic heterocycles. The lowest BCUT2D eigenvalue weighted by atomic mass is 10.1. The molecule has 3 rings (SSSR count). The predicted octanol–water partition coefficient (Wildman–Crippen LogP) is 2.77. The normalized spacial score (nSPS) is 11.7. The van der Waals surface area contributed by atoms with Crippen LogP contribution in [0.3, 0.4) is 0 Å². The number of carbonyl (C=O) groups excluding carboxylic acids is 1. The summed E-state index contributed by atoms with van der Waals surface area (Å²) in [5.41, 5.74) is 1.08. The molecule has 1 atom stereocenters. The van der Waals surface area contributed by atoms with Crippen LogP contribution in [0.15, 0.2) is 53.2 Å². The van der Waals surface area contributed by atoms with Crippen molar-refractivity contribution in [3.05, 3.63) is 66.1 Å². The average Bonchev–Trinajstić information content (AvgIpc) is 3.23. The molecule has 2 heterocycles. The molecule has 1 aromatic carbocycles. The van der Waals surface area contributed by atoms with E-state index < -0.39 is 0 Å². The van der Waals surface area contributed by atoms with E-state index in [9.17, 15) is 4.79 Å². The second kappa shape index (κ2) is 10.9. The van der Waals surface area contributed by atoms with Crippen LogP contribution in [0.1, 0.15) is 30.7 Å². The number of amides is 1. The summed E-state index contributed by atoms with van der Waals surface area (Å²) in [6.07, 6.45) is 5.17. The van der Waals surface area contributed by atoms with Gasteiger partial charge in [0.15, 0.2) is 0 Å². The fourth-order valence-electron chi connectivity index (χ4n) is 2.90. The number of carbonyl (C=O) groups is 1. The van der Waals surface area contributed by atoms with E-state index in [2.05, 4.69) is 20.5 Å². The molecule has 0 aliphatic rings. The number of hydrogen-bond donors (Lipinski definition) is 1. The lowest BCUT2D eigenvalue weighted by Crippen LogP contribution is -2.33. The molecule has 0 saturated heterocycles. The number of ether oxygens (including phenoxy) is 2. The minimum atomic E-state index is -0.164. The Hall–Kier alpha value is -3.42. The molecule has 158 valence electrons. The highest BCUT2D eigenvalue weighted by Gasteiger charge is 2.12. The van der Waals surface area contributed by atoms with Crippen LogP contribution in [-0.4, -0.2) is 40.8 Å². The van der Waals surface area contributed by atoms with Crippen molar-refractivity contribution in [3.63, 3.8) is 0 Å². The maximum atomic E-state index is 12.1. The first-order valence-electron chi connectivity index (χ1n) is 9.90. The Morgan fingerprint density at radius 1 is 1.10 bits per heavy atom. The van der Waals surface area contributed by atoms with Gasteiger partial charge in [-0.2, -0.15) is 0 Å². The number of methoxy groups -OCH3 is 1. The molecule has 0 unspecified atom stereocenters. The highest BCUT2D eigenvalue weighted by molar-refractivity contribution is 5.76. The van der Waals surface area contributed by atoms with Gasteiger partial charge in [-0.3, -0.25) is 9.78 Å². The molecule has 3 aromatic rings. The summed E-state index contributed by atoms with van der Waals surface area (Å²) in [6.45, 7) is 2.29. The van der Waals surface area contributed by atoms with E-state index in [1.54, 1.807) is 25.6 Å². The van der Waals surface area contributed by atoms with Crippen LogP contribution >= 0.6 is 0 Å². The molecule has 1 N–H and O–H groups in total. The predicted molar refractivity (Wildman–Crippen MR) is 110 cm³/mol. The van der Waals surface area contributed by atoms with Gasteiger partial charge in [-0.25, -0.2) is 0 Å². The molecule has 0 fully saturated rings. The Bertz CT molecular complexity index is 930. The molecule has 8 nitrogen and oxygen atoms in total. The van der Waals surface area contributed by atoms with Gasteiger partial charge in [0.25, 0.3) is 0 Å². The maximum absolute atomic E-state index is 12.1. The number of benzene rings is 1. The average molecular weight is 410 g/mol. The smallest absolute Gasteiger partial charge is 0.220 e. The lowest BCUT2D eigenvalue weighted by molar-refractivity contribution is -0.121. The van der Waals surface area contributed by atoms with E-state index in [0.29, 0.717) is 36.9 Å². The van der Waals surface area contributed by atoms with Crippen molar-refractivity contribution < 1.29 is 18.7 Å². The van der Waals surface area contributed by atoms with E-state index in [4.69, 9.17) is 13.9 Å². The molecule has 0 saturated carbocycles. The molecule has 0 spiro atoms. The molecule has 0 aliphatic carbocycles. The van der Waals surface area contributed by atoms with Crippen molar-refractivity contribution >= 4 is 5.91 Å². The third-order valence-corrected chi connectivity index (χ3v) is 4.43. The van der Waals surface area contributed by atoms with Gasteiger partial charge in [0.1, 0.15) is 17.6 Å². The zero-order valence-electron chi connectivity index (χ0n) is 17.2. The highest BCUT2D eigenvalue weighted by Crippen LogP contribution is 2.19. The Morgan fingerprint density at radius 2 is 1.90 bits per heavy atom. The van der Waals surface area contributed by atoms with Crippen LogP contribution in [0.5, 0.6) is 11.5 Å². The number of nitrogens with zero attached hydrogens (tertiary/aromatic N) is 3. The molecule has 30 heavy (non-hydrogen) atoms. The van der Waals surface area contributed by atoms with Crippen LogP contribution in [-0.2, 0) is 24.1 Å². The minimum absolute atomic E-state index is 0.0922. The largest absolute Gasteiger partial charge is 0.496 e. The molecular formula is C22H26N4O4. The summed E-state index contributed by atoms with van der Waals surface area (Å²) in [7, 11) is 1.65. The molecule has 0 radical (unpaired) electrons. The van der Waals surface area contributed by atoms with Crippen molar-refractivity contribution in [2.24, 2.45) is 0 Å². The Kier molecular flexibility index (Phi) is 7.77. The van der Waals surface area contributed by atoms with E-state index in [1.165, 1.54) is 0 Å². The van der Waals surface area contributed by atoms with Crippen molar-refractivity contribution in [1.29, 1.82) is 0 Å². The van der Waals surface area contributed by atoms with Crippen molar-refractivity contribution in [2.75, 3.05) is 13.7 Å². The molecule has 8 heteroatoms. The first kappa shape index (κ1) is 21.3. The molecule has 1 amide bonds. The second-order valence-electron chi connectivity index (χ2n) is 6.82. The van der Waals surface area contributed by atoms with Crippen LogP contribution in [0.25, 0.3) is 0 Å². The van der Waals surface area contributed by atoms with Crippen LogP contribution in [0.2, 0.25) is 0 Å². The Morgan fingerprint density at radius 3 is 2.67 bits per heavy atom. The van der Waals surface area contributed by atoms with Gasteiger partial charge in [-0.1, -0.05) is 18.2 Å². The van der Waals surface area contributed by atoms with Crippen LogP contribution in [0, 0.1) is 0 Å². The third kappa shape index (κ3) is 6.58. The minimum Gasteiger partial charge on any atom is -0.496 e. The van der Waals surface area contributed by atoms with Crippen LogP contribution < -0.4 is 14.8 Å². The quantitative estimate of drug-likeness (QED) is 0.519. The zero-order chi connectivity index (χ0) is 21.2. The summed E-state index contributed by atoms with van der Waals surface area (Å²) in [6, 6.07) is 11.5. The Balaban J connectivity index is 1.37. The van der Waals surface area contributed by atoms with Crippen molar-refractivity contribution in [1.82, 2.24) is 20.5 Å². The van der Waals surface area contributed by atoms with E-state index in [1.807, 2.05) is 37.3 Å². The Labute approximate surface area is 175 Å². The van der Waals surface area contributed by atoms with E-state index in [0.717, 1.165) is 17.7 Å². The van der Waals surface area contributed by atoms with Gasteiger partial charge in [0.2, 0.25) is 17.7 Å². The van der Waals surface area contributed by atoms with Gasteiger partial charge >= 0.3 is 0 Å². The van der Waals surface area contributed by atoms with Gasteiger partial charge in [0, 0.05) is 25.5 Å². The monoisotopic (exact) mass is 410 g/mol. The third-order valence-electron chi connectivity index (χ3n) is 4.43. The number of pyridine rings is 1. The molecule has 0 bridgehead atoms. The lowest BCUT2D eigenvalue weighted by Gasteiger charge is -2.14.